The Bertz CT molecular complexity index is 1700. The Morgan fingerprint density at radius 3 is 2.11 bits per heavy atom. The van der Waals surface area contributed by atoms with Gasteiger partial charge in [0.25, 0.3) is 0 Å². The third-order valence-corrected chi connectivity index (χ3v) is 7.51. The second-order valence-corrected chi connectivity index (χ2v) is 10.4. The average molecular weight is 601 g/mol. The normalized spacial score (nSPS) is 15.3. The largest absolute Gasteiger partial charge is 0.493 e. The molecule has 0 atom stereocenters. The summed E-state index contributed by atoms with van der Waals surface area (Å²) in [6, 6.07) is 17.1. The summed E-state index contributed by atoms with van der Waals surface area (Å²) < 4.78 is 35.7. The molecule has 4 aromatic rings. The zero-order valence-electron chi connectivity index (χ0n) is 23.8. The van der Waals surface area contributed by atoms with Gasteiger partial charge >= 0.3 is 6.09 Å². The SMILES string of the molecule is COc1cc2c(Oc3ccc(NC(=O)C4(C(=O)Nc5ccc(F)cc5)CC4)cc3)ccnc2cc1OC(=O)N1CCOCC1. The van der Waals surface area contributed by atoms with Crippen LogP contribution in [0.5, 0.6) is 23.0 Å². The number of carbonyl (C=O) groups is 3. The van der Waals surface area contributed by atoms with Crippen LogP contribution < -0.4 is 24.8 Å². The van der Waals surface area contributed by atoms with Crippen molar-refractivity contribution in [3.63, 3.8) is 0 Å². The number of hydrogen-bond donors (Lipinski definition) is 2. The van der Waals surface area contributed by atoms with Crippen LogP contribution in [-0.4, -0.2) is 61.2 Å². The molecule has 1 saturated heterocycles. The Balaban J connectivity index is 1.12. The number of morpholine rings is 1. The lowest BCUT2D eigenvalue weighted by molar-refractivity contribution is -0.131. The molecule has 226 valence electrons. The van der Waals surface area contributed by atoms with E-state index in [1.807, 2.05) is 0 Å². The van der Waals surface area contributed by atoms with Crippen molar-refractivity contribution in [3.05, 3.63) is 78.7 Å². The summed E-state index contributed by atoms with van der Waals surface area (Å²) in [6.45, 7) is 1.80. The van der Waals surface area contributed by atoms with E-state index < -0.39 is 29.1 Å². The minimum atomic E-state index is -1.17. The zero-order valence-corrected chi connectivity index (χ0v) is 23.8. The maximum Gasteiger partial charge on any atom is 0.415 e. The summed E-state index contributed by atoms with van der Waals surface area (Å²) in [5, 5.41) is 6.14. The third kappa shape index (κ3) is 6.11. The molecule has 0 spiro atoms. The van der Waals surface area contributed by atoms with Crippen molar-refractivity contribution in [3.8, 4) is 23.0 Å². The molecule has 6 rings (SSSR count). The molecule has 12 heteroatoms. The molecule has 44 heavy (non-hydrogen) atoms. The van der Waals surface area contributed by atoms with Gasteiger partial charge in [0, 0.05) is 42.1 Å². The highest BCUT2D eigenvalue weighted by atomic mass is 19.1. The molecule has 2 N–H and O–H groups in total. The van der Waals surface area contributed by atoms with E-state index in [9.17, 15) is 18.8 Å². The summed E-state index contributed by atoms with van der Waals surface area (Å²) in [4.78, 5) is 44.5. The van der Waals surface area contributed by atoms with Gasteiger partial charge in [0.15, 0.2) is 11.5 Å². The Kier molecular flexibility index (Phi) is 7.99. The predicted octanol–water partition coefficient (Wildman–Crippen LogP) is 5.36. The molecule has 1 aromatic heterocycles. The molecule has 1 aliphatic carbocycles. The van der Waals surface area contributed by atoms with E-state index in [2.05, 4.69) is 15.6 Å². The van der Waals surface area contributed by atoms with Gasteiger partial charge in [0.2, 0.25) is 11.8 Å². The number of benzene rings is 3. The zero-order chi connectivity index (χ0) is 30.7. The van der Waals surface area contributed by atoms with E-state index in [0.717, 1.165) is 0 Å². The highest BCUT2D eigenvalue weighted by molar-refractivity contribution is 6.16. The lowest BCUT2D eigenvalue weighted by Crippen LogP contribution is -2.42. The van der Waals surface area contributed by atoms with E-state index in [1.165, 1.54) is 31.4 Å². The number of carbonyl (C=O) groups excluding carboxylic acids is 3. The number of ether oxygens (including phenoxy) is 4. The molecule has 1 saturated carbocycles. The fourth-order valence-corrected chi connectivity index (χ4v) is 4.81. The van der Waals surface area contributed by atoms with Gasteiger partial charge in [-0.25, -0.2) is 9.18 Å². The molecule has 2 aliphatic rings. The molecule has 2 fully saturated rings. The van der Waals surface area contributed by atoms with Crippen LogP contribution in [0.2, 0.25) is 0 Å². The maximum atomic E-state index is 13.2. The summed E-state index contributed by atoms with van der Waals surface area (Å²) in [6.07, 6.45) is 1.92. The first-order valence-corrected chi connectivity index (χ1v) is 14.0. The van der Waals surface area contributed by atoms with Gasteiger partial charge in [-0.15, -0.1) is 0 Å². The Morgan fingerprint density at radius 2 is 1.50 bits per heavy atom. The lowest BCUT2D eigenvalue weighted by Gasteiger charge is -2.26. The highest BCUT2D eigenvalue weighted by Crippen LogP contribution is 2.47. The predicted molar refractivity (Wildman–Crippen MR) is 159 cm³/mol. The number of anilines is 2. The number of nitrogens with zero attached hydrogens (tertiary/aromatic N) is 2. The quantitative estimate of drug-likeness (QED) is 0.259. The van der Waals surface area contributed by atoms with Crippen molar-refractivity contribution in [2.45, 2.75) is 12.8 Å². The number of methoxy groups -OCH3 is 1. The standard InChI is InChI=1S/C32H29FN4O7/c1-41-27-18-24-25(19-28(27)44-31(40)37-14-16-42-17-15-37)34-13-10-26(24)43-23-8-6-22(7-9-23)36-30(39)32(11-12-32)29(38)35-21-4-2-20(33)3-5-21/h2-10,13,18-19H,11-12,14-17H2,1H3,(H,35,38)(H,36,39). The fraction of sp³-hybridized carbons (Fsp3) is 0.250. The molecular formula is C32H29FN4O7. The van der Waals surface area contributed by atoms with Crippen molar-refractivity contribution in [1.29, 1.82) is 0 Å². The van der Waals surface area contributed by atoms with Crippen molar-refractivity contribution in [2.75, 3.05) is 44.0 Å². The van der Waals surface area contributed by atoms with Gasteiger partial charge < -0.3 is 34.5 Å². The Morgan fingerprint density at radius 1 is 0.864 bits per heavy atom. The van der Waals surface area contributed by atoms with Crippen molar-refractivity contribution in [1.82, 2.24) is 9.88 Å². The molecule has 0 bridgehead atoms. The number of amides is 3. The monoisotopic (exact) mass is 600 g/mol. The van der Waals surface area contributed by atoms with Crippen LogP contribution in [-0.2, 0) is 14.3 Å². The topological polar surface area (TPSA) is 128 Å². The second-order valence-electron chi connectivity index (χ2n) is 10.4. The molecule has 2 heterocycles. The van der Waals surface area contributed by atoms with E-state index in [4.69, 9.17) is 18.9 Å². The summed E-state index contributed by atoms with van der Waals surface area (Å²) in [7, 11) is 1.48. The van der Waals surface area contributed by atoms with Crippen molar-refractivity contribution in [2.24, 2.45) is 5.41 Å². The number of nitrogens with one attached hydrogen (secondary N) is 2. The van der Waals surface area contributed by atoms with E-state index in [0.29, 0.717) is 78.7 Å². The number of pyridine rings is 1. The summed E-state index contributed by atoms with van der Waals surface area (Å²) >= 11 is 0. The molecule has 1 aliphatic heterocycles. The maximum absolute atomic E-state index is 13.2. The second kappa shape index (κ2) is 12.2. The Labute approximate surface area is 251 Å². The minimum Gasteiger partial charge on any atom is -0.493 e. The number of halogens is 1. The number of rotatable bonds is 8. The van der Waals surface area contributed by atoms with Gasteiger partial charge in [-0.05, 0) is 73.5 Å². The smallest absolute Gasteiger partial charge is 0.415 e. The Hall–Kier alpha value is -5.23. The van der Waals surface area contributed by atoms with E-state index in [1.54, 1.807) is 53.6 Å². The number of hydrogen-bond acceptors (Lipinski definition) is 8. The van der Waals surface area contributed by atoms with Gasteiger partial charge in [-0.3, -0.25) is 14.6 Å². The van der Waals surface area contributed by atoms with Crippen LogP contribution in [0.25, 0.3) is 10.9 Å². The molecule has 3 aromatic carbocycles. The number of fused-ring (bicyclic) bond motifs is 1. The molecule has 0 unspecified atom stereocenters. The van der Waals surface area contributed by atoms with Crippen molar-refractivity contribution >= 4 is 40.2 Å². The van der Waals surface area contributed by atoms with Gasteiger partial charge in [-0.1, -0.05) is 0 Å². The third-order valence-electron chi connectivity index (χ3n) is 7.51. The van der Waals surface area contributed by atoms with Gasteiger partial charge in [-0.2, -0.15) is 0 Å². The van der Waals surface area contributed by atoms with E-state index >= 15 is 0 Å². The minimum absolute atomic E-state index is 0.237. The van der Waals surface area contributed by atoms with E-state index in [-0.39, 0.29) is 5.75 Å². The summed E-state index contributed by atoms with van der Waals surface area (Å²) in [5.74, 6) is 0.304. The molecular weight excluding hydrogens is 571 g/mol. The first kappa shape index (κ1) is 28.9. The van der Waals surface area contributed by atoms with Crippen LogP contribution in [0, 0.1) is 11.2 Å². The average Bonchev–Trinajstić information content (AvgIpc) is 3.86. The molecule has 3 amide bonds. The van der Waals surface area contributed by atoms with Gasteiger partial charge in [0.1, 0.15) is 22.7 Å². The first-order valence-electron chi connectivity index (χ1n) is 14.0. The van der Waals surface area contributed by atoms with Crippen molar-refractivity contribution < 1.29 is 37.7 Å². The molecule has 11 nitrogen and oxygen atoms in total. The number of aromatic nitrogens is 1. The first-order chi connectivity index (χ1) is 21.3. The lowest BCUT2D eigenvalue weighted by atomic mass is 10.0. The van der Waals surface area contributed by atoms with Crippen LogP contribution in [0.15, 0.2) is 72.9 Å². The summed E-state index contributed by atoms with van der Waals surface area (Å²) in [5.41, 5.74) is 0.277. The van der Waals surface area contributed by atoms with Crippen LogP contribution in [0.3, 0.4) is 0 Å². The fourth-order valence-electron chi connectivity index (χ4n) is 4.81. The highest BCUT2D eigenvalue weighted by Gasteiger charge is 2.56. The molecule has 0 radical (unpaired) electrons. The van der Waals surface area contributed by atoms with Crippen LogP contribution in [0.1, 0.15) is 12.8 Å². The van der Waals surface area contributed by atoms with Gasteiger partial charge in [0.05, 0.1) is 25.8 Å². The van der Waals surface area contributed by atoms with Crippen LogP contribution >= 0.6 is 0 Å². The van der Waals surface area contributed by atoms with Crippen LogP contribution in [0.4, 0.5) is 20.6 Å².